The third-order valence-corrected chi connectivity index (χ3v) is 15.8. The second kappa shape index (κ2) is 11.7. The van der Waals surface area contributed by atoms with Gasteiger partial charge in [0.2, 0.25) is 0 Å². The fourth-order valence-corrected chi connectivity index (χ4v) is 14.7. The molecule has 0 saturated carbocycles. The number of hydrogen-bond acceptors (Lipinski definition) is 11. The summed E-state index contributed by atoms with van der Waals surface area (Å²) in [4.78, 5) is 0. The summed E-state index contributed by atoms with van der Waals surface area (Å²) in [6.07, 6.45) is 1.05. The van der Waals surface area contributed by atoms with Crippen LogP contribution in [-0.2, 0) is 0 Å². The van der Waals surface area contributed by atoms with Crippen molar-refractivity contribution in [2.24, 2.45) is 0 Å². The van der Waals surface area contributed by atoms with Crippen LogP contribution in [0.4, 0.5) is 0 Å². The van der Waals surface area contributed by atoms with Crippen molar-refractivity contribution in [2.75, 3.05) is 23.0 Å². The number of nitrogens with zero attached hydrogens (tertiary/aromatic N) is 2. The highest BCUT2D eigenvalue weighted by Crippen LogP contribution is 2.60. The van der Waals surface area contributed by atoms with E-state index in [-0.39, 0.29) is 0 Å². The van der Waals surface area contributed by atoms with E-state index in [0.717, 1.165) is 37.3 Å². The van der Waals surface area contributed by atoms with Crippen molar-refractivity contribution < 1.29 is 4.42 Å². The molecule has 1 aromatic heterocycles. The van der Waals surface area contributed by atoms with Crippen LogP contribution in [-0.4, -0.2) is 23.0 Å². The fraction of sp³-hybridized carbons (Fsp3) is 0.273. The van der Waals surface area contributed by atoms with Gasteiger partial charge in [0.25, 0.3) is 0 Å². The van der Waals surface area contributed by atoms with Crippen molar-refractivity contribution >= 4 is 113 Å². The molecule has 0 N–H and O–H groups in total. The van der Waals surface area contributed by atoms with Crippen LogP contribution in [0, 0.1) is 22.7 Å². The van der Waals surface area contributed by atoms with Gasteiger partial charge in [-0.25, -0.2) is 0 Å². The molecule has 1 aromatic carbocycles. The average Bonchev–Trinajstić information content (AvgIpc) is 3.54. The van der Waals surface area contributed by atoms with Crippen LogP contribution < -0.4 is 10.8 Å². The molecule has 0 saturated heterocycles. The molecule has 0 fully saturated rings. The van der Waals surface area contributed by atoms with Crippen molar-refractivity contribution in [3.8, 4) is 12.1 Å². The predicted molar refractivity (Wildman–Crippen MR) is 157 cm³/mol. The average molecular weight is 581 g/mol. The summed E-state index contributed by atoms with van der Waals surface area (Å²) in [6.45, 7) is 0. The van der Waals surface area contributed by atoms with E-state index in [1.165, 1.54) is 32.7 Å². The van der Waals surface area contributed by atoms with Gasteiger partial charge < -0.3 is 4.42 Å². The second-order valence-electron chi connectivity index (χ2n) is 6.65. The van der Waals surface area contributed by atoms with Gasteiger partial charge in [-0.3, -0.25) is 0 Å². The minimum Gasteiger partial charge on any atom is -0.453 e. The SMILES string of the molecule is N#CCCSC1=C(SCCC#N)SC(=c2oc(=C3SC4=C(SCCS4)S3)c3ccccc23)S1. The van der Waals surface area contributed by atoms with Crippen LogP contribution in [0.3, 0.4) is 0 Å². The van der Waals surface area contributed by atoms with Gasteiger partial charge in [0.05, 0.1) is 37.6 Å². The molecule has 0 amide bonds. The molecular weight excluding hydrogens is 565 g/mol. The number of furan rings is 1. The number of fused-ring (bicyclic) bond motifs is 1. The number of nitriles is 2. The largest absolute Gasteiger partial charge is 0.453 e. The molecule has 4 heterocycles. The van der Waals surface area contributed by atoms with Crippen LogP contribution in [0.5, 0.6) is 0 Å². The fourth-order valence-electron chi connectivity index (χ4n) is 3.13. The van der Waals surface area contributed by atoms with E-state index in [4.69, 9.17) is 14.9 Å². The third-order valence-electron chi connectivity index (χ3n) is 4.51. The first-order valence-electron chi connectivity index (χ1n) is 9.99. The van der Waals surface area contributed by atoms with Crippen molar-refractivity contribution in [1.29, 1.82) is 10.5 Å². The Morgan fingerprint density at radius 3 is 1.70 bits per heavy atom. The Hall–Kier alpha value is -0.240. The molecule has 3 aliphatic rings. The Balaban J connectivity index is 1.54. The van der Waals surface area contributed by atoms with E-state index in [2.05, 4.69) is 36.4 Å². The zero-order valence-corrected chi connectivity index (χ0v) is 23.7. The Morgan fingerprint density at radius 1 is 0.727 bits per heavy atom. The monoisotopic (exact) mass is 580 g/mol. The first-order valence-corrected chi connectivity index (χ1v) is 17.2. The molecular formula is C22H16N2OS8. The zero-order chi connectivity index (χ0) is 22.6. The summed E-state index contributed by atoms with van der Waals surface area (Å²) in [7, 11) is 0. The van der Waals surface area contributed by atoms with Crippen molar-refractivity contribution in [2.45, 2.75) is 12.8 Å². The van der Waals surface area contributed by atoms with Gasteiger partial charge >= 0.3 is 0 Å². The van der Waals surface area contributed by atoms with E-state index < -0.39 is 0 Å². The number of rotatable bonds is 6. The van der Waals surface area contributed by atoms with Crippen LogP contribution in [0.15, 0.2) is 45.6 Å². The molecule has 0 bridgehead atoms. The summed E-state index contributed by atoms with van der Waals surface area (Å²) in [5.41, 5.74) is 1.91. The Kier molecular flexibility index (Phi) is 8.64. The first kappa shape index (κ1) is 24.5. The quantitative estimate of drug-likeness (QED) is 0.318. The molecule has 33 heavy (non-hydrogen) atoms. The van der Waals surface area contributed by atoms with E-state index in [9.17, 15) is 0 Å². The summed E-state index contributed by atoms with van der Waals surface area (Å²) in [5, 5.41) is 20.2. The van der Waals surface area contributed by atoms with Crippen LogP contribution >= 0.6 is 94.1 Å². The lowest BCUT2D eigenvalue weighted by Gasteiger charge is -2.08. The zero-order valence-electron chi connectivity index (χ0n) is 17.1. The Bertz CT molecular complexity index is 1310. The number of hydrogen-bond donors (Lipinski definition) is 0. The van der Waals surface area contributed by atoms with Crippen LogP contribution in [0.25, 0.3) is 19.2 Å². The highest BCUT2D eigenvalue weighted by molar-refractivity contribution is 8.46. The smallest absolute Gasteiger partial charge is 0.156 e. The van der Waals surface area contributed by atoms with E-state index in [1.54, 1.807) is 47.0 Å². The highest BCUT2D eigenvalue weighted by atomic mass is 32.3. The lowest BCUT2D eigenvalue weighted by molar-refractivity contribution is 0.509. The van der Waals surface area contributed by atoms with Crippen LogP contribution in [0.2, 0.25) is 0 Å². The van der Waals surface area contributed by atoms with Crippen molar-refractivity contribution in [1.82, 2.24) is 0 Å². The topological polar surface area (TPSA) is 60.7 Å². The molecule has 0 atom stereocenters. The minimum atomic E-state index is 0.527. The maximum atomic E-state index is 8.95. The van der Waals surface area contributed by atoms with Crippen molar-refractivity contribution in [3.63, 3.8) is 0 Å². The molecule has 0 unspecified atom stereocenters. The molecule has 0 radical (unpaired) electrons. The van der Waals surface area contributed by atoms with Gasteiger partial charge in [0, 0.05) is 46.6 Å². The normalized spacial score (nSPS) is 18.2. The number of thioether (sulfide) groups is 8. The summed E-state index contributed by atoms with van der Waals surface area (Å²) < 4.78 is 14.3. The molecule has 168 valence electrons. The van der Waals surface area contributed by atoms with Gasteiger partial charge in [-0.15, -0.1) is 47.0 Å². The maximum absolute atomic E-state index is 8.95. The Morgan fingerprint density at radius 2 is 1.21 bits per heavy atom. The molecule has 11 heteroatoms. The predicted octanol–water partition coefficient (Wildman–Crippen LogP) is 7.55. The number of benzene rings is 1. The molecule has 3 aliphatic heterocycles. The minimum absolute atomic E-state index is 0.527. The first-order chi connectivity index (χ1) is 16.3. The van der Waals surface area contributed by atoms with E-state index in [1.807, 2.05) is 47.0 Å². The van der Waals surface area contributed by atoms with Crippen LogP contribution in [0.1, 0.15) is 12.8 Å². The lowest BCUT2D eigenvalue weighted by atomic mass is 10.2. The lowest BCUT2D eigenvalue weighted by Crippen LogP contribution is -2.02. The van der Waals surface area contributed by atoms with E-state index in [0.29, 0.717) is 12.8 Å². The molecule has 0 spiro atoms. The van der Waals surface area contributed by atoms with Crippen molar-refractivity contribution in [3.05, 3.63) is 52.0 Å². The Labute approximate surface area is 226 Å². The molecule has 0 aliphatic carbocycles. The molecule has 3 nitrogen and oxygen atoms in total. The second-order valence-corrected chi connectivity index (χ2v) is 16.7. The summed E-state index contributed by atoms with van der Waals surface area (Å²) in [5.74, 6) is 3.89. The summed E-state index contributed by atoms with van der Waals surface area (Å²) in [6, 6.07) is 12.9. The highest BCUT2D eigenvalue weighted by Gasteiger charge is 2.28. The third kappa shape index (κ3) is 5.46. The van der Waals surface area contributed by atoms with Gasteiger partial charge in [-0.05, 0) is 0 Å². The molecule has 2 aromatic rings. The van der Waals surface area contributed by atoms with Gasteiger partial charge in [0.1, 0.15) is 0 Å². The maximum Gasteiger partial charge on any atom is 0.156 e. The van der Waals surface area contributed by atoms with E-state index >= 15 is 0 Å². The van der Waals surface area contributed by atoms with Gasteiger partial charge in [-0.1, -0.05) is 71.3 Å². The van der Waals surface area contributed by atoms with Gasteiger partial charge in [0.15, 0.2) is 10.8 Å². The standard InChI is InChI=1S/C22H16N2OS8/c23-7-3-9-26-19-20(27-10-4-8-24)31-17(30-19)15-13-5-1-2-6-14(13)16(25-15)18-32-21-22(33-18)29-12-11-28-21/h1-2,5-6H,3-4,9-12H2. The van der Waals surface area contributed by atoms with Gasteiger partial charge in [-0.2, -0.15) is 10.5 Å². The molecule has 5 rings (SSSR count). The summed E-state index contributed by atoms with van der Waals surface area (Å²) >= 11 is 14.6.